The zero-order valence-electron chi connectivity index (χ0n) is 11.8. The van der Waals surface area contributed by atoms with Crippen LogP contribution in [-0.4, -0.2) is 51.5 Å². The van der Waals surface area contributed by atoms with Crippen LogP contribution in [0.2, 0.25) is 5.15 Å². The van der Waals surface area contributed by atoms with Crippen LogP contribution >= 0.6 is 11.6 Å². The van der Waals surface area contributed by atoms with Crippen LogP contribution in [-0.2, 0) is 18.3 Å². The van der Waals surface area contributed by atoms with E-state index in [-0.39, 0.29) is 12.1 Å². The first-order valence-electron chi connectivity index (χ1n) is 7.33. The Labute approximate surface area is 124 Å². The molecule has 1 saturated carbocycles. The van der Waals surface area contributed by atoms with Crippen LogP contribution in [0.1, 0.15) is 25.1 Å². The molecule has 3 rings (SSSR count). The van der Waals surface area contributed by atoms with Gasteiger partial charge in [-0.1, -0.05) is 18.0 Å². The molecule has 1 aromatic rings. The van der Waals surface area contributed by atoms with Crippen molar-refractivity contribution in [3.8, 4) is 0 Å². The highest BCUT2D eigenvalue weighted by Crippen LogP contribution is 2.32. The maximum absolute atomic E-state index is 10.2. The van der Waals surface area contributed by atoms with Crippen molar-refractivity contribution in [2.75, 3.05) is 19.8 Å². The van der Waals surface area contributed by atoms with Gasteiger partial charge in [-0.2, -0.15) is 0 Å². The first kappa shape index (κ1) is 14.3. The molecule has 2 heterocycles. The zero-order chi connectivity index (χ0) is 14.1. The SMILES string of the molecule is Cn1c(Cl)cnc1CN1CCOCC1C1CCCC1O. The van der Waals surface area contributed by atoms with Crippen molar-refractivity contribution < 1.29 is 9.84 Å². The summed E-state index contributed by atoms with van der Waals surface area (Å²) < 4.78 is 7.56. The molecule has 112 valence electrons. The highest BCUT2D eigenvalue weighted by Gasteiger charge is 2.37. The zero-order valence-corrected chi connectivity index (χ0v) is 12.6. The molecular formula is C14H22ClN3O2. The van der Waals surface area contributed by atoms with Crippen molar-refractivity contribution in [3.05, 3.63) is 17.2 Å². The molecule has 2 aliphatic rings. The first-order chi connectivity index (χ1) is 9.66. The van der Waals surface area contributed by atoms with E-state index in [4.69, 9.17) is 16.3 Å². The van der Waals surface area contributed by atoms with Gasteiger partial charge in [-0.05, 0) is 12.8 Å². The number of halogens is 1. The van der Waals surface area contributed by atoms with Gasteiger partial charge in [-0.25, -0.2) is 4.98 Å². The van der Waals surface area contributed by atoms with E-state index in [2.05, 4.69) is 9.88 Å². The summed E-state index contributed by atoms with van der Waals surface area (Å²) in [5.41, 5.74) is 0. The lowest BCUT2D eigenvalue weighted by molar-refractivity contribution is -0.0547. The van der Waals surface area contributed by atoms with Gasteiger partial charge in [0.2, 0.25) is 0 Å². The van der Waals surface area contributed by atoms with E-state index in [9.17, 15) is 5.11 Å². The molecule has 0 spiro atoms. The van der Waals surface area contributed by atoms with Gasteiger partial charge in [-0.3, -0.25) is 4.90 Å². The molecule has 3 atom stereocenters. The van der Waals surface area contributed by atoms with E-state index in [0.717, 1.165) is 44.8 Å². The summed E-state index contributed by atoms with van der Waals surface area (Å²) in [5.74, 6) is 1.29. The third kappa shape index (κ3) is 2.72. The number of imidazole rings is 1. The van der Waals surface area contributed by atoms with E-state index >= 15 is 0 Å². The van der Waals surface area contributed by atoms with Crippen LogP contribution in [0.5, 0.6) is 0 Å². The summed E-state index contributed by atoms with van der Waals surface area (Å²) in [7, 11) is 1.94. The molecule has 1 N–H and O–H groups in total. The van der Waals surface area contributed by atoms with Crippen LogP contribution in [0, 0.1) is 5.92 Å². The smallest absolute Gasteiger partial charge is 0.128 e. The lowest BCUT2D eigenvalue weighted by Gasteiger charge is -2.39. The summed E-state index contributed by atoms with van der Waals surface area (Å²) in [6.07, 6.45) is 4.63. The number of aliphatic hydroxyl groups excluding tert-OH is 1. The van der Waals surface area contributed by atoms with Gasteiger partial charge in [0.25, 0.3) is 0 Å². The largest absolute Gasteiger partial charge is 0.393 e. The third-order valence-corrected chi connectivity index (χ3v) is 5.03. The van der Waals surface area contributed by atoms with Gasteiger partial charge in [-0.15, -0.1) is 0 Å². The predicted octanol–water partition coefficient (Wildman–Crippen LogP) is 1.44. The third-order valence-electron chi connectivity index (χ3n) is 4.68. The Morgan fingerprint density at radius 2 is 2.35 bits per heavy atom. The first-order valence-corrected chi connectivity index (χ1v) is 7.70. The molecular weight excluding hydrogens is 278 g/mol. The Morgan fingerprint density at radius 1 is 1.50 bits per heavy atom. The van der Waals surface area contributed by atoms with E-state index in [1.54, 1.807) is 6.20 Å². The van der Waals surface area contributed by atoms with Gasteiger partial charge >= 0.3 is 0 Å². The Bertz CT molecular complexity index is 465. The number of aliphatic hydroxyl groups is 1. The second kappa shape index (κ2) is 6.02. The Balaban J connectivity index is 1.73. The number of nitrogens with zero attached hydrogens (tertiary/aromatic N) is 3. The number of rotatable bonds is 3. The van der Waals surface area contributed by atoms with Crippen LogP contribution in [0.25, 0.3) is 0 Å². The molecule has 0 bridgehead atoms. The number of hydrogen-bond acceptors (Lipinski definition) is 4. The van der Waals surface area contributed by atoms with Gasteiger partial charge in [0.1, 0.15) is 11.0 Å². The van der Waals surface area contributed by atoms with Gasteiger partial charge in [0, 0.05) is 25.6 Å². The number of aromatic nitrogens is 2. The van der Waals surface area contributed by atoms with E-state index < -0.39 is 0 Å². The highest BCUT2D eigenvalue weighted by molar-refractivity contribution is 6.29. The maximum Gasteiger partial charge on any atom is 0.128 e. The minimum atomic E-state index is -0.186. The monoisotopic (exact) mass is 299 g/mol. The fourth-order valence-electron chi connectivity index (χ4n) is 3.42. The minimum Gasteiger partial charge on any atom is -0.393 e. The highest BCUT2D eigenvalue weighted by atomic mass is 35.5. The van der Waals surface area contributed by atoms with Crippen molar-refractivity contribution in [2.24, 2.45) is 13.0 Å². The predicted molar refractivity (Wildman–Crippen MR) is 76.6 cm³/mol. The lowest BCUT2D eigenvalue weighted by Crippen LogP contribution is -2.50. The second-order valence-electron chi connectivity index (χ2n) is 5.83. The Morgan fingerprint density at radius 3 is 3.00 bits per heavy atom. The Kier molecular flexibility index (Phi) is 4.31. The van der Waals surface area contributed by atoms with Crippen LogP contribution in [0.3, 0.4) is 0 Å². The van der Waals surface area contributed by atoms with Crippen molar-refractivity contribution in [1.29, 1.82) is 0 Å². The second-order valence-corrected chi connectivity index (χ2v) is 6.22. The topological polar surface area (TPSA) is 50.5 Å². The minimum absolute atomic E-state index is 0.186. The fourth-order valence-corrected chi connectivity index (χ4v) is 3.56. The standard InChI is InChI=1S/C14H22ClN3O2/c1-17-13(15)7-16-14(17)8-18-5-6-20-9-11(18)10-3-2-4-12(10)19/h7,10-12,19H,2-6,8-9H2,1H3. The molecule has 0 amide bonds. The molecule has 6 heteroatoms. The van der Waals surface area contributed by atoms with Crippen LogP contribution in [0.15, 0.2) is 6.20 Å². The van der Waals surface area contributed by atoms with E-state index in [1.807, 2.05) is 11.6 Å². The molecule has 1 aromatic heterocycles. The van der Waals surface area contributed by atoms with Gasteiger partial charge < -0.3 is 14.4 Å². The van der Waals surface area contributed by atoms with Crippen molar-refractivity contribution in [3.63, 3.8) is 0 Å². The lowest BCUT2D eigenvalue weighted by atomic mass is 9.94. The summed E-state index contributed by atoms with van der Waals surface area (Å²) in [6, 6.07) is 0.289. The normalized spacial score (nSPS) is 31.9. The number of hydrogen-bond donors (Lipinski definition) is 1. The van der Waals surface area contributed by atoms with E-state index in [1.165, 1.54) is 0 Å². The average molecular weight is 300 g/mol. The van der Waals surface area contributed by atoms with E-state index in [0.29, 0.717) is 17.7 Å². The summed E-state index contributed by atoms with van der Waals surface area (Å²) in [5, 5.41) is 10.8. The van der Waals surface area contributed by atoms with Crippen molar-refractivity contribution >= 4 is 11.6 Å². The maximum atomic E-state index is 10.2. The van der Waals surface area contributed by atoms with Crippen molar-refractivity contribution in [2.45, 2.75) is 38.0 Å². The average Bonchev–Trinajstić information content (AvgIpc) is 3.00. The quantitative estimate of drug-likeness (QED) is 0.917. The van der Waals surface area contributed by atoms with Gasteiger partial charge in [0.15, 0.2) is 0 Å². The molecule has 1 aliphatic carbocycles. The molecule has 3 unspecified atom stereocenters. The van der Waals surface area contributed by atoms with Crippen LogP contribution < -0.4 is 0 Å². The molecule has 0 radical (unpaired) electrons. The number of morpholine rings is 1. The molecule has 1 saturated heterocycles. The molecule has 2 fully saturated rings. The summed E-state index contributed by atoms with van der Waals surface area (Å²) in [6.45, 7) is 3.11. The molecule has 0 aromatic carbocycles. The molecule has 20 heavy (non-hydrogen) atoms. The Hall–Kier alpha value is -0.620. The van der Waals surface area contributed by atoms with Crippen LogP contribution in [0.4, 0.5) is 0 Å². The summed E-state index contributed by atoms with van der Waals surface area (Å²) >= 11 is 6.05. The van der Waals surface area contributed by atoms with Gasteiger partial charge in [0.05, 0.1) is 32.1 Å². The molecule has 1 aliphatic heterocycles. The number of ether oxygens (including phenoxy) is 1. The van der Waals surface area contributed by atoms with Crippen molar-refractivity contribution in [1.82, 2.24) is 14.5 Å². The fraction of sp³-hybridized carbons (Fsp3) is 0.786. The molecule has 5 nitrogen and oxygen atoms in total. The summed E-state index contributed by atoms with van der Waals surface area (Å²) in [4.78, 5) is 6.77.